The predicted octanol–water partition coefficient (Wildman–Crippen LogP) is 3.25. The van der Waals surface area contributed by atoms with Crippen LogP contribution in [0, 0.1) is 0 Å². The SMILES string of the molecule is CCCn1ccc2cc(C(C)=O)ccc21. The average molecular weight is 201 g/mol. The molecule has 2 rings (SSSR count). The van der Waals surface area contributed by atoms with E-state index in [4.69, 9.17) is 0 Å². The molecule has 15 heavy (non-hydrogen) atoms. The zero-order chi connectivity index (χ0) is 10.8. The Bertz CT molecular complexity index is 496. The van der Waals surface area contributed by atoms with Gasteiger partial charge in [0.25, 0.3) is 0 Å². The Morgan fingerprint density at radius 2 is 2.13 bits per heavy atom. The Kier molecular flexibility index (Phi) is 2.58. The van der Waals surface area contributed by atoms with Gasteiger partial charge in [0.1, 0.15) is 0 Å². The van der Waals surface area contributed by atoms with Gasteiger partial charge in [0.05, 0.1) is 0 Å². The van der Waals surface area contributed by atoms with Gasteiger partial charge in [0.15, 0.2) is 5.78 Å². The second kappa shape index (κ2) is 3.89. The first-order chi connectivity index (χ1) is 7.22. The number of benzene rings is 1. The third-order valence-electron chi connectivity index (χ3n) is 2.64. The number of carbonyl (C=O) groups excluding carboxylic acids is 1. The van der Waals surface area contributed by atoms with Crippen molar-refractivity contribution in [2.75, 3.05) is 0 Å². The average Bonchev–Trinajstić information content (AvgIpc) is 2.61. The zero-order valence-corrected chi connectivity index (χ0v) is 9.16. The van der Waals surface area contributed by atoms with E-state index in [1.54, 1.807) is 6.92 Å². The van der Waals surface area contributed by atoms with E-state index in [0.29, 0.717) is 0 Å². The van der Waals surface area contributed by atoms with Gasteiger partial charge >= 0.3 is 0 Å². The highest BCUT2D eigenvalue weighted by Gasteiger charge is 2.03. The van der Waals surface area contributed by atoms with Gasteiger partial charge in [-0.2, -0.15) is 0 Å². The van der Waals surface area contributed by atoms with Gasteiger partial charge in [-0.15, -0.1) is 0 Å². The van der Waals surface area contributed by atoms with Crippen LogP contribution in [0.3, 0.4) is 0 Å². The molecule has 1 heterocycles. The topological polar surface area (TPSA) is 22.0 Å². The maximum atomic E-state index is 11.2. The largest absolute Gasteiger partial charge is 0.347 e. The fourth-order valence-electron chi connectivity index (χ4n) is 1.86. The van der Waals surface area contributed by atoms with Crippen LogP contribution >= 0.6 is 0 Å². The second-order valence-corrected chi connectivity index (χ2v) is 3.84. The molecular formula is C13H15NO. The van der Waals surface area contributed by atoms with Crippen molar-refractivity contribution in [3.8, 4) is 0 Å². The number of rotatable bonds is 3. The van der Waals surface area contributed by atoms with Crippen molar-refractivity contribution in [2.45, 2.75) is 26.8 Å². The van der Waals surface area contributed by atoms with Crippen molar-refractivity contribution in [3.63, 3.8) is 0 Å². The summed E-state index contributed by atoms with van der Waals surface area (Å²) < 4.78 is 2.22. The molecule has 1 aromatic carbocycles. The van der Waals surface area contributed by atoms with Gasteiger partial charge in [-0.1, -0.05) is 6.92 Å². The molecule has 0 radical (unpaired) electrons. The number of ketones is 1. The number of hydrogen-bond donors (Lipinski definition) is 0. The van der Waals surface area contributed by atoms with Gasteiger partial charge in [0.2, 0.25) is 0 Å². The number of fused-ring (bicyclic) bond motifs is 1. The lowest BCUT2D eigenvalue weighted by atomic mass is 10.1. The van der Waals surface area contributed by atoms with Crippen LogP contribution in [-0.2, 0) is 6.54 Å². The van der Waals surface area contributed by atoms with E-state index in [-0.39, 0.29) is 5.78 Å². The van der Waals surface area contributed by atoms with Crippen LogP contribution in [0.2, 0.25) is 0 Å². The summed E-state index contributed by atoms with van der Waals surface area (Å²) in [5.41, 5.74) is 2.00. The first-order valence-corrected chi connectivity index (χ1v) is 5.32. The molecule has 0 fully saturated rings. The Hall–Kier alpha value is -1.57. The van der Waals surface area contributed by atoms with E-state index in [0.717, 1.165) is 23.9 Å². The number of nitrogens with zero attached hydrogens (tertiary/aromatic N) is 1. The number of carbonyl (C=O) groups is 1. The highest BCUT2D eigenvalue weighted by molar-refractivity contribution is 5.98. The normalized spacial score (nSPS) is 10.8. The summed E-state index contributed by atoms with van der Waals surface area (Å²) >= 11 is 0. The van der Waals surface area contributed by atoms with Gasteiger partial charge in [-0.05, 0) is 37.6 Å². The molecule has 0 aliphatic rings. The molecule has 0 unspecified atom stereocenters. The van der Waals surface area contributed by atoms with Crippen LogP contribution in [-0.4, -0.2) is 10.4 Å². The lowest BCUT2D eigenvalue weighted by Gasteiger charge is -2.03. The summed E-state index contributed by atoms with van der Waals surface area (Å²) in [4.78, 5) is 11.2. The molecule has 0 atom stereocenters. The van der Waals surface area contributed by atoms with Crippen molar-refractivity contribution in [2.24, 2.45) is 0 Å². The minimum atomic E-state index is 0.125. The molecule has 1 aromatic heterocycles. The predicted molar refractivity (Wildman–Crippen MR) is 62.2 cm³/mol. The van der Waals surface area contributed by atoms with Crippen LogP contribution in [0.5, 0.6) is 0 Å². The van der Waals surface area contributed by atoms with Crippen LogP contribution in [0.4, 0.5) is 0 Å². The molecule has 0 N–H and O–H groups in total. The van der Waals surface area contributed by atoms with E-state index < -0.39 is 0 Å². The van der Waals surface area contributed by atoms with Crippen molar-refractivity contribution >= 4 is 16.7 Å². The quantitative estimate of drug-likeness (QED) is 0.699. The maximum Gasteiger partial charge on any atom is 0.159 e. The van der Waals surface area contributed by atoms with E-state index >= 15 is 0 Å². The smallest absolute Gasteiger partial charge is 0.159 e. The zero-order valence-electron chi connectivity index (χ0n) is 9.16. The molecular weight excluding hydrogens is 186 g/mol. The molecule has 2 heteroatoms. The molecule has 2 nitrogen and oxygen atoms in total. The molecule has 0 spiro atoms. The summed E-state index contributed by atoms with van der Waals surface area (Å²) in [7, 11) is 0. The molecule has 0 amide bonds. The third kappa shape index (κ3) is 1.80. The molecule has 78 valence electrons. The van der Waals surface area contributed by atoms with E-state index in [1.165, 1.54) is 5.52 Å². The van der Waals surface area contributed by atoms with E-state index in [2.05, 4.69) is 23.8 Å². The van der Waals surface area contributed by atoms with Gasteiger partial charge in [0, 0.05) is 29.2 Å². The lowest BCUT2D eigenvalue weighted by Crippen LogP contribution is -1.95. The molecule has 0 aliphatic heterocycles. The number of hydrogen-bond acceptors (Lipinski definition) is 1. The lowest BCUT2D eigenvalue weighted by molar-refractivity contribution is 0.101. The summed E-state index contributed by atoms with van der Waals surface area (Å²) in [6.07, 6.45) is 3.20. The van der Waals surface area contributed by atoms with E-state index in [1.807, 2.05) is 18.2 Å². The molecule has 0 saturated carbocycles. The number of aryl methyl sites for hydroxylation is 1. The Morgan fingerprint density at radius 1 is 1.33 bits per heavy atom. The standard InChI is InChI=1S/C13H15NO/c1-3-7-14-8-6-12-9-11(10(2)15)4-5-13(12)14/h4-6,8-9H,3,7H2,1-2H3. The van der Waals surface area contributed by atoms with Crippen LogP contribution < -0.4 is 0 Å². The maximum absolute atomic E-state index is 11.2. The summed E-state index contributed by atoms with van der Waals surface area (Å²) in [6.45, 7) is 4.79. The van der Waals surface area contributed by atoms with Crippen molar-refractivity contribution in [1.29, 1.82) is 0 Å². The minimum Gasteiger partial charge on any atom is -0.347 e. The first kappa shape index (κ1) is 9.97. The molecule has 2 aromatic rings. The Balaban J connectivity index is 2.51. The van der Waals surface area contributed by atoms with Crippen molar-refractivity contribution < 1.29 is 4.79 Å². The first-order valence-electron chi connectivity index (χ1n) is 5.32. The third-order valence-corrected chi connectivity index (χ3v) is 2.64. The summed E-state index contributed by atoms with van der Waals surface area (Å²) in [6, 6.07) is 7.96. The van der Waals surface area contributed by atoms with Crippen molar-refractivity contribution in [3.05, 3.63) is 36.0 Å². The summed E-state index contributed by atoms with van der Waals surface area (Å²) in [5.74, 6) is 0.125. The van der Waals surface area contributed by atoms with Crippen LogP contribution in [0.25, 0.3) is 10.9 Å². The Labute approximate surface area is 89.5 Å². The number of aromatic nitrogens is 1. The molecule has 0 saturated heterocycles. The summed E-state index contributed by atoms with van der Waals surface area (Å²) in [5, 5.41) is 1.15. The highest BCUT2D eigenvalue weighted by atomic mass is 16.1. The monoisotopic (exact) mass is 201 g/mol. The van der Waals surface area contributed by atoms with E-state index in [9.17, 15) is 4.79 Å². The number of Topliss-reactive ketones (excluding diaryl/α,β-unsaturated/α-hetero) is 1. The van der Waals surface area contributed by atoms with Gasteiger partial charge in [-0.3, -0.25) is 4.79 Å². The highest BCUT2D eigenvalue weighted by Crippen LogP contribution is 2.18. The van der Waals surface area contributed by atoms with Crippen LogP contribution in [0.15, 0.2) is 30.5 Å². The second-order valence-electron chi connectivity index (χ2n) is 3.84. The van der Waals surface area contributed by atoms with Crippen LogP contribution in [0.1, 0.15) is 30.6 Å². The van der Waals surface area contributed by atoms with Gasteiger partial charge < -0.3 is 4.57 Å². The fraction of sp³-hybridized carbons (Fsp3) is 0.308. The fourth-order valence-corrected chi connectivity index (χ4v) is 1.86. The molecule has 0 bridgehead atoms. The molecule has 0 aliphatic carbocycles. The minimum absolute atomic E-state index is 0.125. The van der Waals surface area contributed by atoms with Crippen molar-refractivity contribution in [1.82, 2.24) is 4.57 Å². The van der Waals surface area contributed by atoms with Gasteiger partial charge in [-0.25, -0.2) is 0 Å². The Morgan fingerprint density at radius 3 is 2.80 bits per heavy atom.